The SMILES string of the molecule is CCCCCCCCCCCCCCCCCCOC(C)C1CC(C(C)(C)C)C(O)C(C(C)(C)C)C1. The largest absolute Gasteiger partial charge is 0.393 e. The molecule has 2 nitrogen and oxygen atoms in total. The lowest BCUT2D eigenvalue weighted by Gasteiger charge is -2.50. The predicted octanol–water partition coefficient (Wildman–Crippen LogP) is 10.7. The molecule has 1 fully saturated rings. The number of hydrogen-bond acceptors (Lipinski definition) is 2. The molecule has 0 saturated heterocycles. The Morgan fingerprint density at radius 3 is 1.28 bits per heavy atom. The molecule has 0 aromatic rings. The van der Waals surface area contributed by atoms with Crippen molar-refractivity contribution in [1.29, 1.82) is 0 Å². The fourth-order valence-corrected chi connectivity index (χ4v) is 6.48. The summed E-state index contributed by atoms with van der Waals surface area (Å²) in [5, 5.41) is 11.2. The molecule has 1 saturated carbocycles. The Morgan fingerprint density at radius 2 is 0.944 bits per heavy atom. The van der Waals surface area contributed by atoms with Crippen molar-refractivity contribution in [1.82, 2.24) is 0 Å². The molecule has 216 valence electrons. The second kappa shape index (κ2) is 18.3. The van der Waals surface area contributed by atoms with Crippen LogP contribution in [0.25, 0.3) is 0 Å². The summed E-state index contributed by atoms with van der Waals surface area (Å²) < 4.78 is 6.38. The van der Waals surface area contributed by atoms with Gasteiger partial charge < -0.3 is 9.84 Å². The maximum absolute atomic E-state index is 11.2. The predicted molar refractivity (Wildman–Crippen MR) is 160 cm³/mol. The van der Waals surface area contributed by atoms with E-state index in [0.29, 0.717) is 23.9 Å². The lowest BCUT2D eigenvalue weighted by atomic mass is 9.58. The van der Waals surface area contributed by atoms with Crippen molar-refractivity contribution in [3.63, 3.8) is 0 Å². The van der Waals surface area contributed by atoms with Crippen molar-refractivity contribution < 1.29 is 9.84 Å². The van der Waals surface area contributed by atoms with Crippen molar-refractivity contribution in [3.8, 4) is 0 Å². The second-order valence-electron chi connectivity index (χ2n) is 14.5. The van der Waals surface area contributed by atoms with Gasteiger partial charge in [0.2, 0.25) is 0 Å². The average Bonchev–Trinajstić information content (AvgIpc) is 2.79. The van der Waals surface area contributed by atoms with Gasteiger partial charge >= 0.3 is 0 Å². The van der Waals surface area contributed by atoms with E-state index >= 15 is 0 Å². The van der Waals surface area contributed by atoms with Crippen LogP contribution in [0, 0.1) is 28.6 Å². The molecule has 36 heavy (non-hydrogen) atoms. The molecule has 0 aliphatic heterocycles. The Morgan fingerprint density at radius 1 is 0.611 bits per heavy atom. The quantitative estimate of drug-likeness (QED) is 0.176. The molecule has 3 unspecified atom stereocenters. The molecule has 0 heterocycles. The van der Waals surface area contributed by atoms with Crippen molar-refractivity contribution in [3.05, 3.63) is 0 Å². The average molecular weight is 509 g/mol. The first-order chi connectivity index (χ1) is 17.0. The number of hydrogen-bond donors (Lipinski definition) is 1. The molecule has 0 bridgehead atoms. The van der Waals surface area contributed by atoms with E-state index in [-0.39, 0.29) is 16.9 Å². The highest BCUT2D eigenvalue weighted by atomic mass is 16.5. The summed E-state index contributed by atoms with van der Waals surface area (Å²) in [6.07, 6.45) is 24.8. The van der Waals surface area contributed by atoms with Crippen LogP contribution in [0.3, 0.4) is 0 Å². The van der Waals surface area contributed by atoms with E-state index in [2.05, 4.69) is 55.4 Å². The molecular weight excluding hydrogens is 440 g/mol. The van der Waals surface area contributed by atoms with E-state index < -0.39 is 0 Å². The molecule has 2 heteroatoms. The number of rotatable bonds is 19. The van der Waals surface area contributed by atoms with Gasteiger partial charge in [-0.25, -0.2) is 0 Å². The van der Waals surface area contributed by atoms with Crippen LogP contribution >= 0.6 is 0 Å². The van der Waals surface area contributed by atoms with Crippen molar-refractivity contribution in [2.24, 2.45) is 28.6 Å². The van der Waals surface area contributed by atoms with E-state index in [1.165, 1.54) is 103 Å². The summed E-state index contributed by atoms with van der Waals surface area (Å²) >= 11 is 0. The zero-order valence-electron chi connectivity index (χ0n) is 26.2. The molecule has 0 aromatic heterocycles. The van der Waals surface area contributed by atoms with Crippen LogP contribution in [-0.2, 0) is 4.74 Å². The normalized spacial score (nSPS) is 24.2. The summed E-state index contributed by atoms with van der Waals surface area (Å²) in [6.45, 7) is 19.3. The van der Waals surface area contributed by atoms with Crippen LogP contribution in [0.1, 0.15) is 171 Å². The first kappa shape index (κ1) is 33.9. The van der Waals surface area contributed by atoms with Gasteiger partial charge in [-0.05, 0) is 54.8 Å². The second-order valence-corrected chi connectivity index (χ2v) is 14.5. The Kier molecular flexibility index (Phi) is 17.2. The van der Waals surface area contributed by atoms with Gasteiger partial charge in [-0.15, -0.1) is 0 Å². The molecular formula is C34H68O2. The Balaban J connectivity index is 2.10. The van der Waals surface area contributed by atoms with Crippen LogP contribution < -0.4 is 0 Å². The summed E-state index contributed by atoms with van der Waals surface area (Å²) in [6, 6.07) is 0. The molecule has 0 amide bonds. The lowest BCUT2D eigenvalue weighted by molar-refractivity contribution is -0.109. The highest BCUT2D eigenvalue weighted by molar-refractivity contribution is 4.96. The van der Waals surface area contributed by atoms with E-state index in [9.17, 15) is 5.11 Å². The van der Waals surface area contributed by atoms with Crippen molar-refractivity contribution >= 4 is 0 Å². The molecule has 1 aliphatic carbocycles. The van der Waals surface area contributed by atoms with Crippen LogP contribution in [0.2, 0.25) is 0 Å². The van der Waals surface area contributed by atoms with Crippen LogP contribution in [0.15, 0.2) is 0 Å². The van der Waals surface area contributed by atoms with Gasteiger partial charge in [-0.3, -0.25) is 0 Å². The number of unbranched alkanes of at least 4 members (excludes halogenated alkanes) is 15. The summed E-state index contributed by atoms with van der Waals surface area (Å²) in [7, 11) is 0. The van der Waals surface area contributed by atoms with Crippen molar-refractivity contribution in [2.75, 3.05) is 6.61 Å². The standard InChI is InChI=1S/C34H68O2/c1-9-10-11-12-13-14-15-16-17-18-19-20-21-22-23-24-25-36-28(2)29-26-30(33(3,4)5)32(35)31(27-29)34(6,7)8/h28-32,35H,9-27H2,1-8H3. The Labute approximate surface area is 228 Å². The zero-order valence-corrected chi connectivity index (χ0v) is 26.2. The molecule has 0 radical (unpaired) electrons. The van der Waals surface area contributed by atoms with E-state index in [1.807, 2.05) is 0 Å². The Bertz CT molecular complexity index is 490. The number of ether oxygens (including phenoxy) is 1. The fourth-order valence-electron chi connectivity index (χ4n) is 6.48. The van der Waals surface area contributed by atoms with Gasteiger partial charge in [0.05, 0.1) is 12.2 Å². The number of aliphatic hydroxyl groups excluding tert-OH is 1. The molecule has 1 aliphatic rings. The third-order valence-electron chi connectivity index (χ3n) is 9.21. The summed E-state index contributed by atoms with van der Waals surface area (Å²) in [4.78, 5) is 0. The monoisotopic (exact) mass is 509 g/mol. The zero-order chi connectivity index (χ0) is 27.0. The summed E-state index contributed by atoms with van der Waals surface area (Å²) in [5.74, 6) is 1.26. The first-order valence-corrected chi connectivity index (χ1v) is 16.3. The van der Waals surface area contributed by atoms with Crippen LogP contribution in [0.4, 0.5) is 0 Å². The van der Waals surface area contributed by atoms with E-state index in [1.54, 1.807) is 0 Å². The van der Waals surface area contributed by atoms with Crippen molar-refractivity contribution in [2.45, 2.75) is 183 Å². The van der Waals surface area contributed by atoms with Gasteiger partial charge in [0.1, 0.15) is 0 Å². The van der Waals surface area contributed by atoms with Crippen LogP contribution in [0.5, 0.6) is 0 Å². The molecule has 1 rings (SSSR count). The fraction of sp³-hybridized carbons (Fsp3) is 1.00. The van der Waals surface area contributed by atoms with Gasteiger partial charge in [-0.2, -0.15) is 0 Å². The van der Waals surface area contributed by atoms with Crippen LogP contribution in [-0.4, -0.2) is 23.9 Å². The molecule has 0 aromatic carbocycles. The van der Waals surface area contributed by atoms with E-state index in [4.69, 9.17) is 4.74 Å². The minimum absolute atomic E-state index is 0.134. The molecule has 0 spiro atoms. The highest BCUT2D eigenvalue weighted by Gasteiger charge is 2.47. The minimum Gasteiger partial charge on any atom is -0.393 e. The summed E-state index contributed by atoms with van der Waals surface area (Å²) in [5.41, 5.74) is 0.268. The van der Waals surface area contributed by atoms with Gasteiger partial charge in [0, 0.05) is 6.61 Å². The van der Waals surface area contributed by atoms with Gasteiger partial charge in [0.25, 0.3) is 0 Å². The minimum atomic E-state index is -0.200. The van der Waals surface area contributed by atoms with Gasteiger partial charge in [0.15, 0.2) is 0 Å². The van der Waals surface area contributed by atoms with Gasteiger partial charge in [-0.1, -0.05) is 145 Å². The molecule has 3 atom stereocenters. The highest BCUT2D eigenvalue weighted by Crippen LogP contribution is 2.49. The smallest absolute Gasteiger partial charge is 0.0606 e. The van der Waals surface area contributed by atoms with E-state index in [0.717, 1.165) is 19.4 Å². The maximum atomic E-state index is 11.2. The lowest BCUT2D eigenvalue weighted by Crippen LogP contribution is -2.49. The maximum Gasteiger partial charge on any atom is 0.0606 e. The first-order valence-electron chi connectivity index (χ1n) is 16.3. The third-order valence-corrected chi connectivity index (χ3v) is 9.21. The Hall–Kier alpha value is -0.0800. The topological polar surface area (TPSA) is 29.5 Å². The molecule has 1 N–H and O–H groups in total. The third kappa shape index (κ3) is 14.2. The number of aliphatic hydroxyl groups is 1.